The highest BCUT2D eigenvalue weighted by atomic mass is 32.2. The molecular weight excluding hydrogens is 534 g/mol. The van der Waals surface area contributed by atoms with Crippen molar-refractivity contribution in [3.63, 3.8) is 0 Å². The lowest BCUT2D eigenvalue weighted by Crippen LogP contribution is -2.61. The van der Waals surface area contributed by atoms with Crippen molar-refractivity contribution in [2.24, 2.45) is 5.92 Å². The highest BCUT2D eigenvalue weighted by molar-refractivity contribution is 8.03. The molecule has 0 spiro atoms. The van der Waals surface area contributed by atoms with Gasteiger partial charge in [-0.3, -0.25) is 29.8 Å². The molecule has 2 unspecified atom stereocenters. The van der Waals surface area contributed by atoms with Crippen LogP contribution >= 0.6 is 11.8 Å². The van der Waals surface area contributed by atoms with Crippen molar-refractivity contribution >= 4 is 41.0 Å². The number of carbonyl (C=O) groups is 3. The first-order valence-corrected chi connectivity index (χ1v) is 12.7. The summed E-state index contributed by atoms with van der Waals surface area (Å²) in [5.41, 5.74) is 0.864. The van der Waals surface area contributed by atoms with Gasteiger partial charge in [0, 0.05) is 35.6 Å². The fraction of sp³-hybridized carbons (Fsp3) is 0.320. The summed E-state index contributed by atoms with van der Waals surface area (Å²) in [6, 6.07) is 10.6. The Hall–Kier alpha value is -4.30. The Morgan fingerprint density at radius 2 is 1.51 bits per heavy atom. The molecule has 3 atom stereocenters. The second kappa shape index (κ2) is 11.6. The normalized spacial score (nSPS) is 18.7. The van der Waals surface area contributed by atoms with Gasteiger partial charge in [0.2, 0.25) is 5.91 Å². The van der Waals surface area contributed by atoms with Crippen molar-refractivity contribution in [3.05, 3.63) is 90.5 Å². The summed E-state index contributed by atoms with van der Waals surface area (Å²) in [6.07, 6.45) is -0.670. The number of nitro benzene ring substituents is 2. The summed E-state index contributed by atoms with van der Waals surface area (Å²) < 4.78 is 10.6. The zero-order valence-corrected chi connectivity index (χ0v) is 21.4. The molecule has 1 fully saturated rings. The van der Waals surface area contributed by atoms with E-state index in [4.69, 9.17) is 9.47 Å². The summed E-state index contributed by atoms with van der Waals surface area (Å²) in [4.78, 5) is 60.3. The Balaban J connectivity index is 1.40. The summed E-state index contributed by atoms with van der Waals surface area (Å²) in [7, 11) is 0. The Kier molecular flexibility index (Phi) is 8.26. The van der Waals surface area contributed by atoms with Crippen LogP contribution in [-0.2, 0) is 37.1 Å². The minimum absolute atomic E-state index is 0.00280. The molecule has 2 aliphatic heterocycles. The lowest BCUT2D eigenvalue weighted by molar-refractivity contribution is -0.385. The Morgan fingerprint density at radius 3 is 2.00 bits per heavy atom. The predicted octanol–water partition coefficient (Wildman–Crippen LogP) is 2.85. The van der Waals surface area contributed by atoms with Gasteiger partial charge < -0.3 is 19.5 Å². The molecule has 14 heteroatoms. The van der Waals surface area contributed by atoms with Crippen LogP contribution in [0.5, 0.6) is 0 Å². The molecule has 39 heavy (non-hydrogen) atoms. The van der Waals surface area contributed by atoms with Gasteiger partial charge in [-0.15, -0.1) is 11.8 Å². The van der Waals surface area contributed by atoms with Crippen molar-refractivity contribution in [3.8, 4) is 0 Å². The van der Waals surface area contributed by atoms with Gasteiger partial charge in [0.1, 0.15) is 18.9 Å². The number of nitrogens with zero attached hydrogens (tertiary/aromatic N) is 3. The summed E-state index contributed by atoms with van der Waals surface area (Å²) in [6.45, 7) is 1.20. The summed E-state index contributed by atoms with van der Waals surface area (Å²) >= 11 is 1.02. The van der Waals surface area contributed by atoms with E-state index in [1.165, 1.54) is 60.4 Å². The zero-order valence-electron chi connectivity index (χ0n) is 20.6. The molecule has 0 saturated carbocycles. The largest absolute Gasteiger partial charge is 0.460 e. The van der Waals surface area contributed by atoms with Crippen LogP contribution in [-0.4, -0.2) is 55.6 Å². The van der Waals surface area contributed by atoms with Gasteiger partial charge in [-0.05, 0) is 42.3 Å². The van der Waals surface area contributed by atoms with E-state index in [-0.39, 0.29) is 42.5 Å². The smallest absolute Gasteiger partial charge is 0.356 e. The van der Waals surface area contributed by atoms with E-state index in [0.29, 0.717) is 16.0 Å². The minimum Gasteiger partial charge on any atom is -0.460 e. The fourth-order valence-electron chi connectivity index (χ4n) is 4.35. The van der Waals surface area contributed by atoms with E-state index >= 15 is 0 Å². The molecule has 2 aliphatic rings. The fourth-order valence-corrected chi connectivity index (χ4v) is 5.33. The Labute approximate surface area is 225 Å². The van der Waals surface area contributed by atoms with E-state index < -0.39 is 45.8 Å². The van der Waals surface area contributed by atoms with Crippen LogP contribution in [0.3, 0.4) is 0 Å². The Bertz CT molecular complexity index is 1340. The van der Waals surface area contributed by atoms with E-state index in [9.17, 15) is 39.7 Å². The van der Waals surface area contributed by atoms with E-state index in [0.717, 1.165) is 11.8 Å². The van der Waals surface area contributed by atoms with Crippen molar-refractivity contribution in [2.75, 3.05) is 5.75 Å². The van der Waals surface area contributed by atoms with E-state index in [2.05, 4.69) is 0 Å². The topological polar surface area (TPSA) is 179 Å². The number of amides is 1. The van der Waals surface area contributed by atoms with Gasteiger partial charge in [0.15, 0.2) is 0 Å². The lowest BCUT2D eigenvalue weighted by atomic mass is 9.83. The first kappa shape index (κ1) is 27.7. The van der Waals surface area contributed by atoms with Crippen LogP contribution in [0, 0.1) is 26.1 Å². The van der Waals surface area contributed by atoms with Crippen LogP contribution in [0.15, 0.2) is 59.1 Å². The number of thioether (sulfide) groups is 1. The Morgan fingerprint density at radius 1 is 1.00 bits per heavy atom. The second-order valence-electron chi connectivity index (χ2n) is 8.89. The van der Waals surface area contributed by atoms with Crippen LogP contribution in [0.2, 0.25) is 0 Å². The number of aliphatic hydroxyl groups excluding tert-OH is 1. The second-order valence-corrected chi connectivity index (χ2v) is 9.96. The number of rotatable bonds is 11. The lowest BCUT2D eigenvalue weighted by Gasteiger charge is -2.44. The molecule has 2 aromatic carbocycles. The van der Waals surface area contributed by atoms with Gasteiger partial charge >= 0.3 is 11.9 Å². The third-order valence-electron chi connectivity index (χ3n) is 6.31. The van der Waals surface area contributed by atoms with Crippen LogP contribution in [0.1, 0.15) is 24.5 Å². The molecule has 1 saturated heterocycles. The van der Waals surface area contributed by atoms with Gasteiger partial charge in [0.05, 0.1) is 33.7 Å². The number of aliphatic hydroxyl groups is 1. The van der Waals surface area contributed by atoms with Gasteiger partial charge in [-0.1, -0.05) is 0 Å². The van der Waals surface area contributed by atoms with Crippen molar-refractivity contribution in [1.82, 2.24) is 4.90 Å². The average molecular weight is 558 g/mol. The monoisotopic (exact) mass is 557 g/mol. The third-order valence-corrected chi connectivity index (χ3v) is 7.40. The first-order valence-electron chi connectivity index (χ1n) is 11.7. The highest BCUT2D eigenvalue weighted by Crippen LogP contribution is 2.47. The average Bonchev–Trinajstić information content (AvgIpc) is 3.23. The van der Waals surface area contributed by atoms with Crippen molar-refractivity contribution < 1.29 is 38.8 Å². The maximum absolute atomic E-state index is 13.0. The SMILES string of the molecule is CC(O)C1C(=O)N2C(C(=O)OCc3ccc([N+](=O)[O-])cc3)=C(SCC(=O)OCc3ccc([N+](=O)[O-])cc3)C[C@H]12. The number of carbonyl (C=O) groups excluding carboxylic acids is 3. The molecular formula is C25H23N3O10S. The number of benzene rings is 2. The van der Waals surface area contributed by atoms with E-state index in [1.54, 1.807) is 0 Å². The number of nitro groups is 2. The van der Waals surface area contributed by atoms with E-state index in [1.807, 2.05) is 0 Å². The summed E-state index contributed by atoms with van der Waals surface area (Å²) in [5.74, 6) is -2.68. The number of esters is 2. The first-order chi connectivity index (χ1) is 18.6. The minimum atomic E-state index is -0.924. The van der Waals surface area contributed by atoms with Crippen molar-refractivity contribution in [2.45, 2.75) is 38.7 Å². The highest BCUT2D eigenvalue weighted by Gasteiger charge is 2.57. The molecule has 0 aromatic heterocycles. The number of fused-ring (bicyclic) bond motifs is 1. The van der Waals surface area contributed by atoms with Gasteiger partial charge in [-0.25, -0.2) is 4.79 Å². The third kappa shape index (κ3) is 6.07. The molecule has 2 heterocycles. The quantitative estimate of drug-likeness (QED) is 0.186. The number of β-lactam (4-membered cyclic amide) rings is 1. The van der Waals surface area contributed by atoms with Gasteiger partial charge in [0.25, 0.3) is 11.4 Å². The zero-order chi connectivity index (χ0) is 28.3. The van der Waals surface area contributed by atoms with Crippen LogP contribution in [0.25, 0.3) is 0 Å². The predicted molar refractivity (Wildman–Crippen MR) is 136 cm³/mol. The standard InChI is InChI=1S/C25H23N3O10S/c1-14(29)22-19-10-20(39-13-21(30)37-11-15-2-6-17(7-3-15)27(33)34)23(26(19)24(22)31)25(32)38-12-16-4-8-18(9-5-16)28(35)36/h2-9,14,19,22,29H,10-13H2,1H3/t14?,19-,22?/m1/s1. The molecule has 2 aromatic rings. The molecule has 1 amide bonds. The summed E-state index contributed by atoms with van der Waals surface area (Å²) in [5, 5.41) is 31.6. The van der Waals surface area contributed by atoms with Crippen molar-refractivity contribution in [1.29, 1.82) is 0 Å². The molecule has 1 N–H and O–H groups in total. The molecule has 0 aliphatic carbocycles. The molecule has 204 valence electrons. The van der Waals surface area contributed by atoms with Gasteiger partial charge in [-0.2, -0.15) is 0 Å². The number of non-ortho nitro benzene ring substituents is 2. The maximum atomic E-state index is 13.0. The number of ether oxygens (including phenoxy) is 2. The molecule has 4 rings (SSSR count). The molecule has 0 radical (unpaired) electrons. The van der Waals surface area contributed by atoms with Crippen LogP contribution in [0.4, 0.5) is 11.4 Å². The number of hydrogen-bond acceptors (Lipinski definition) is 11. The maximum Gasteiger partial charge on any atom is 0.356 e. The number of hydrogen-bond donors (Lipinski definition) is 1. The molecule has 0 bridgehead atoms. The van der Waals surface area contributed by atoms with Crippen LogP contribution < -0.4 is 0 Å². The molecule has 13 nitrogen and oxygen atoms in total.